The Morgan fingerprint density at radius 1 is 1.29 bits per heavy atom. The Morgan fingerprint density at radius 2 is 1.94 bits per heavy atom. The molecule has 94 valence electrons. The molecule has 0 N–H and O–H groups in total. The molecule has 1 nitrogen and oxygen atoms in total. The zero-order valence-electron chi connectivity index (χ0n) is 11.8. The number of para-hydroxylation sites is 1. The lowest BCUT2D eigenvalue weighted by atomic mass is 9.84. The number of hydrogen-bond acceptors (Lipinski definition) is 1. The fourth-order valence-corrected chi connectivity index (χ4v) is 2.87. The van der Waals surface area contributed by atoms with Gasteiger partial charge in [-0.05, 0) is 36.8 Å². The summed E-state index contributed by atoms with van der Waals surface area (Å²) in [6.45, 7) is 11.7. The van der Waals surface area contributed by atoms with Gasteiger partial charge in [0.1, 0.15) is 0 Å². The van der Waals surface area contributed by atoms with E-state index < -0.39 is 0 Å². The summed E-state index contributed by atoms with van der Waals surface area (Å²) in [5.74, 6) is 0. The average molecular weight is 231 g/mol. The summed E-state index contributed by atoms with van der Waals surface area (Å²) in [7, 11) is 0. The maximum atomic E-state index is 2.65. The van der Waals surface area contributed by atoms with Crippen LogP contribution in [0.25, 0.3) is 0 Å². The van der Waals surface area contributed by atoms with Gasteiger partial charge < -0.3 is 4.90 Å². The van der Waals surface area contributed by atoms with E-state index in [1.165, 1.54) is 24.1 Å². The molecular weight excluding hydrogens is 206 g/mol. The van der Waals surface area contributed by atoms with Crippen molar-refractivity contribution in [2.75, 3.05) is 4.90 Å². The summed E-state index contributed by atoms with van der Waals surface area (Å²) in [5, 5.41) is 0. The average Bonchev–Trinajstić information content (AvgIpc) is 2.67. The van der Waals surface area contributed by atoms with Gasteiger partial charge in [-0.1, -0.05) is 45.9 Å². The van der Waals surface area contributed by atoms with E-state index in [-0.39, 0.29) is 0 Å². The Morgan fingerprint density at radius 3 is 2.53 bits per heavy atom. The van der Waals surface area contributed by atoms with Crippen molar-refractivity contribution < 1.29 is 0 Å². The summed E-state index contributed by atoms with van der Waals surface area (Å²) in [5.41, 5.74) is 3.32. The van der Waals surface area contributed by atoms with Crippen LogP contribution in [0.1, 0.15) is 46.6 Å². The lowest BCUT2D eigenvalue weighted by Gasteiger charge is -2.40. The smallest absolute Gasteiger partial charge is 0.0404 e. The second kappa shape index (κ2) is 4.36. The van der Waals surface area contributed by atoms with E-state index in [9.17, 15) is 0 Å². The van der Waals surface area contributed by atoms with Crippen LogP contribution in [-0.4, -0.2) is 12.1 Å². The molecule has 0 saturated carbocycles. The third-order valence-electron chi connectivity index (χ3n) is 4.08. The third-order valence-corrected chi connectivity index (χ3v) is 4.08. The van der Waals surface area contributed by atoms with Gasteiger partial charge in [-0.2, -0.15) is 0 Å². The normalized spacial score (nSPS) is 21.5. The van der Waals surface area contributed by atoms with Crippen LogP contribution in [0.4, 0.5) is 5.69 Å². The van der Waals surface area contributed by atoms with Gasteiger partial charge in [0.15, 0.2) is 0 Å². The minimum atomic E-state index is 0.336. The van der Waals surface area contributed by atoms with Gasteiger partial charge in [0.2, 0.25) is 0 Å². The second-order valence-corrected chi connectivity index (χ2v) is 6.38. The standard InChI is InChI=1S/C16H25N/c1-6-12(2)17-14-10-8-7-9-13(14)11-15(17)16(3,4)5/h7-10,12,15H,6,11H2,1-5H3. The van der Waals surface area contributed by atoms with E-state index in [1.807, 2.05) is 0 Å². The topological polar surface area (TPSA) is 3.24 Å². The summed E-state index contributed by atoms with van der Waals surface area (Å²) in [4.78, 5) is 2.65. The first kappa shape index (κ1) is 12.5. The highest BCUT2D eigenvalue weighted by atomic mass is 15.2. The van der Waals surface area contributed by atoms with Gasteiger partial charge in [-0.25, -0.2) is 0 Å². The summed E-state index contributed by atoms with van der Waals surface area (Å²) < 4.78 is 0. The molecule has 1 aromatic carbocycles. The maximum Gasteiger partial charge on any atom is 0.0404 e. The minimum absolute atomic E-state index is 0.336. The van der Waals surface area contributed by atoms with E-state index in [2.05, 4.69) is 63.8 Å². The van der Waals surface area contributed by atoms with E-state index in [0.29, 0.717) is 17.5 Å². The number of anilines is 1. The van der Waals surface area contributed by atoms with Crippen LogP contribution >= 0.6 is 0 Å². The number of nitrogens with zero attached hydrogens (tertiary/aromatic N) is 1. The zero-order valence-corrected chi connectivity index (χ0v) is 11.8. The van der Waals surface area contributed by atoms with Crippen molar-refractivity contribution >= 4 is 5.69 Å². The first-order valence-electron chi connectivity index (χ1n) is 6.81. The highest BCUT2D eigenvalue weighted by Crippen LogP contribution is 2.41. The van der Waals surface area contributed by atoms with E-state index in [1.54, 1.807) is 0 Å². The van der Waals surface area contributed by atoms with E-state index in [4.69, 9.17) is 0 Å². The highest BCUT2D eigenvalue weighted by Gasteiger charge is 2.38. The number of hydrogen-bond donors (Lipinski definition) is 0. The predicted octanol–water partition coefficient (Wildman–Crippen LogP) is 4.26. The van der Waals surface area contributed by atoms with Crippen LogP contribution in [0.5, 0.6) is 0 Å². The Labute approximate surface area is 106 Å². The van der Waals surface area contributed by atoms with Gasteiger partial charge in [0.05, 0.1) is 0 Å². The highest BCUT2D eigenvalue weighted by molar-refractivity contribution is 5.60. The van der Waals surface area contributed by atoms with Crippen LogP contribution in [0, 0.1) is 5.41 Å². The van der Waals surface area contributed by atoms with Crippen molar-refractivity contribution in [2.45, 2.75) is 59.5 Å². The van der Waals surface area contributed by atoms with Crippen LogP contribution in [0.2, 0.25) is 0 Å². The number of fused-ring (bicyclic) bond motifs is 1. The van der Waals surface area contributed by atoms with Crippen molar-refractivity contribution in [1.29, 1.82) is 0 Å². The van der Waals surface area contributed by atoms with Gasteiger partial charge >= 0.3 is 0 Å². The molecule has 2 atom stereocenters. The fraction of sp³-hybridized carbons (Fsp3) is 0.625. The molecule has 2 rings (SSSR count). The molecule has 0 bridgehead atoms. The molecular formula is C16H25N. The van der Waals surface area contributed by atoms with Crippen molar-refractivity contribution in [3.8, 4) is 0 Å². The van der Waals surface area contributed by atoms with Crippen molar-refractivity contribution in [3.05, 3.63) is 29.8 Å². The van der Waals surface area contributed by atoms with Gasteiger partial charge in [0.25, 0.3) is 0 Å². The molecule has 0 saturated heterocycles. The summed E-state index contributed by atoms with van der Waals surface area (Å²) in [6.07, 6.45) is 2.41. The van der Waals surface area contributed by atoms with Gasteiger partial charge in [0, 0.05) is 17.8 Å². The molecule has 0 amide bonds. The van der Waals surface area contributed by atoms with Crippen LogP contribution in [0.15, 0.2) is 24.3 Å². The molecule has 1 heterocycles. The minimum Gasteiger partial charge on any atom is -0.365 e. The van der Waals surface area contributed by atoms with E-state index >= 15 is 0 Å². The van der Waals surface area contributed by atoms with Gasteiger partial charge in [-0.15, -0.1) is 0 Å². The second-order valence-electron chi connectivity index (χ2n) is 6.38. The van der Waals surface area contributed by atoms with Crippen LogP contribution < -0.4 is 4.90 Å². The van der Waals surface area contributed by atoms with Gasteiger partial charge in [-0.3, -0.25) is 0 Å². The van der Waals surface area contributed by atoms with Crippen molar-refractivity contribution in [2.24, 2.45) is 5.41 Å². The summed E-state index contributed by atoms with van der Waals surface area (Å²) in [6, 6.07) is 10.2. The van der Waals surface area contributed by atoms with E-state index in [0.717, 1.165) is 0 Å². The quantitative estimate of drug-likeness (QED) is 0.735. The summed E-state index contributed by atoms with van der Waals surface area (Å²) >= 11 is 0. The number of rotatable bonds is 2. The SMILES string of the molecule is CCC(C)N1c2ccccc2CC1C(C)(C)C. The monoisotopic (exact) mass is 231 g/mol. The molecule has 17 heavy (non-hydrogen) atoms. The molecule has 1 aliphatic rings. The molecule has 1 aliphatic heterocycles. The van der Waals surface area contributed by atoms with Crippen molar-refractivity contribution in [1.82, 2.24) is 0 Å². The Kier molecular flexibility index (Phi) is 3.20. The first-order chi connectivity index (χ1) is 7.95. The number of benzene rings is 1. The molecule has 0 aromatic heterocycles. The molecule has 0 aliphatic carbocycles. The molecule has 0 spiro atoms. The largest absolute Gasteiger partial charge is 0.365 e. The first-order valence-corrected chi connectivity index (χ1v) is 6.81. The fourth-order valence-electron chi connectivity index (χ4n) is 2.87. The van der Waals surface area contributed by atoms with Crippen LogP contribution in [-0.2, 0) is 6.42 Å². The molecule has 0 fully saturated rings. The molecule has 0 radical (unpaired) electrons. The lowest BCUT2D eigenvalue weighted by Crippen LogP contribution is -2.46. The lowest BCUT2D eigenvalue weighted by molar-refractivity contribution is 0.297. The Balaban J connectivity index is 2.40. The predicted molar refractivity (Wildman–Crippen MR) is 75.6 cm³/mol. The molecule has 2 unspecified atom stereocenters. The van der Waals surface area contributed by atoms with Crippen molar-refractivity contribution in [3.63, 3.8) is 0 Å². The molecule has 1 aromatic rings. The molecule has 1 heteroatoms. The zero-order chi connectivity index (χ0) is 12.6. The Bertz CT molecular complexity index is 389. The van der Waals surface area contributed by atoms with Crippen LogP contribution in [0.3, 0.4) is 0 Å². The third kappa shape index (κ3) is 2.20. The Hall–Kier alpha value is -0.980. The maximum absolute atomic E-state index is 2.65.